The molecule has 1 rings (SSSR count). The van der Waals surface area contributed by atoms with E-state index in [1.807, 2.05) is 19.2 Å². The molecule has 14 heavy (non-hydrogen) atoms. The van der Waals surface area contributed by atoms with Gasteiger partial charge in [-0.3, -0.25) is 0 Å². The first-order valence-corrected chi connectivity index (χ1v) is 5.87. The third-order valence-electron chi connectivity index (χ3n) is 1.89. The van der Waals surface area contributed by atoms with E-state index < -0.39 is 0 Å². The van der Waals surface area contributed by atoms with E-state index in [9.17, 15) is 4.39 Å². The predicted molar refractivity (Wildman–Crippen MR) is 64.1 cm³/mol. The SMILES string of the molecule is CSC(=S)NC(C)c1ccccc1F. The lowest BCUT2D eigenvalue weighted by molar-refractivity contribution is 0.581. The minimum atomic E-state index is -0.198. The standard InChI is InChI=1S/C10H12FNS2/c1-7(12-10(13)14-2)8-5-3-4-6-9(8)11/h3-7H,1-2H3,(H,12,13). The van der Waals surface area contributed by atoms with Crippen molar-refractivity contribution in [1.82, 2.24) is 5.32 Å². The Bertz CT molecular complexity index is 328. The monoisotopic (exact) mass is 229 g/mol. The molecule has 0 saturated heterocycles. The summed E-state index contributed by atoms with van der Waals surface area (Å²) in [5.41, 5.74) is 0.643. The van der Waals surface area contributed by atoms with Gasteiger partial charge in [-0.1, -0.05) is 30.4 Å². The summed E-state index contributed by atoms with van der Waals surface area (Å²) in [6, 6.07) is 6.62. The van der Waals surface area contributed by atoms with Crippen molar-refractivity contribution in [2.75, 3.05) is 6.26 Å². The maximum Gasteiger partial charge on any atom is 0.133 e. The van der Waals surface area contributed by atoms with Crippen molar-refractivity contribution in [2.45, 2.75) is 13.0 Å². The lowest BCUT2D eigenvalue weighted by Gasteiger charge is -2.15. The molecular formula is C10H12FNS2. The largest absolute Gasteiger partial charge is 0.364 e. The Labute approximate surface area is 93.1 Å². The average Bonchev–Trinajstić information content (AvgIpc) is 2.18. The lowest BCUT2D eigenvalue weighted by atomic mass is 10.1. The predicted octanol–water partition coefficient (Wildman–Crippen LogP) is 3.12. The summed E-state index contributed by atoms with van der Waals surface area (Å²) in [5, 5.41) is 3.04. The van der Waals surface area contributed by atoms with E-state index in [-0.39, 0.29) is 11.9 Å². The van der Waals surface area contributed by atoms with Gasteiger partial charge < -0.3 is 5.32 Å². The van der Waals surface area contributed by atoms with Crippen LogP contribution < -0.4 is 5.32 Å². The van der Waals surface area contributed by atoms with Crippen molar-refractivity contribution < 1.29 is 4.39 Å². The number of nitrogens with one attached hydrogen (secondary N) is 1. The Balaban J connectivity index is 2.74. The first-order valence-electron chi connectivity index (χ1n) is 4.24. The van der Waals surface area contributed by atoms with Crippen molar-refractivity contribution in [3.8, 4) is 0 Å². The van der Waals surface area contributed by atoms with E-state index in [0.717, 1.165) is 0 Å². The number of rotatable bonds is 2. The van der Waals surface area contributed by atoms with Gasteiger partial charge in [0.1, 0.15) is 10.1 Å². The molecular weight excluding hydrogens is 217 g/mol. The van der Waals surface area contributed by atoms with Crippen LogP contribution in [0.25, 0.3) is 0 Å². The Morgan fingerprint density at radius 3 is 2.71 bits per heavy atom. The van der Waals surface area contributed by atoms with Gasteiger partial charge >= 0.3 is 0 Å². The molecule has 1 aromatic rings. The van der Waals surface area contributed by atoms with Gasteiger partial charge in [0.2, 0.25) is 0 Å². The van der Waals surface area contributed by atoms with Gasteiger partial charge in [0.15, 0.2) is 0 Å². The third kappa shape index (κ3) is 2.96. The van der Waals surface area contributed by atoms with Crippen molar-refractivity contribution in [1.29, 1.82) is 0 Å². The summed E-state index contributed by atoms with van der Waals surface area (Å²) in [7, 11) is 0. The highest BCUT2D eigenvalue weighted by molar-refractivity contribution is 8.22. The molecule has 76 valence electrons. The van der Waals surface area contributed by atoms with E-state index in [1.165, 1.54) is 17.8 Å². The second-order valence-corrected chi connectivity index (χ2v) is 4.36. The maximum absolute atomic E-state index is 13.3. The highest BCUT2D eigenvalue weighted by atomic mass is 32.2. The molecule has 0 amide bonds. The summed E-state index contributed by atoms with van der Waals surface area (Å²) in [5.74, 6) is -0.198. The Hall–Kier alpha value is -0.610. The van der Waals surface area contributed by atoms with E-state index in [0.29, 0.717) is 9.88 Å². The molecule has 1 nitrogen and oxygen atoms in total. The van der Waals surface area contributed by atoms with Crippen molar-refractivity contribution in [3.05, 3.63) is 35.6 Å². The minimum absolute atomic E-state index is 0.0869. The van der Waals surface area contributed by atoms with Crippen LogP contribution in [0.4, 0.5) is 4.39 Å². The molecule has 1 N–H and O–H groups in total. The molecule has 1 atom stereocenters. The van der Waals surface area contributed by atoms with Crippen LogP contribution in [0.3, 0.4) is 0 Å². The lowest BCUT2D eigenvalue weighted by Crippen LogP contribution is -2.22. The normalized spacial score (nSPS) is 12.2. The van der Waals surface area contributed by atoms with Crippen LogP contribution in [0.15, 0.2) is 24.3 Å². The second-order valence-electron chi connectivity index (χ2n) is 2.88. The van der Waals surface area contributed by atoms with Gasteiger partial charge in [0.05, 0.1) is 6.04 Å². The number of halogens is 1. The Morgan fingerprint density at radius 1 is 1.50 bits per heavy atom. The van der Waals surface area contributed by atoms with Crippen LogP contribution in [0.1, 0.15) is 18.5 Å². The molecule has 4 heteroatoms. The molecule has 0 aliphatic heterocycles. The fourth-order valence-corrected chi connectivity index (χ4v) is 1.61. The quantitative estimate of drug-likeness (QED) is 0.783. The number of benzene rings is 1. The van der Waals surface area contributed by atoms with Gasteiger partial charge in [0, 0.05) is 5.56 Å². The van der Waals surface area contributed by atoms with Gasteiger partial charge in [-0.25, -0.2) is 4.39 Å². The number of hydrogen-bond acceptors (Lipinski definition) is 2. The van der Waals surface area contributed by atoms with Crippen LogP contribution in [0, 0.1) is 5.82 Å². The molecule has 0 aromatic heterocycles. The molecule has 0 heterocycles. The van der Waals surface area contributed by atoms with Gasteiger partial charge in [-0.2, -0.15) is 0 Å². The minimum Gasteiger partial charge on any atom is -0.364 e. The molecule has 0 aliphatic rings. The molecule has 0 radical (unpaired) electrons. The molecule has 1 unspecified atom stereocenters. The Kier molecular flexibility index (Phi) is 4.35. The summed E-state index contributed by atoms with van der Waals surface area (Å²) < 4.78 is 14.0. The van der Waals surface area contributed by atoms with E-state index in [1.54, 1.807) is 12.1 Å². The summed E-state index contributed by atoms with van der Waals surface area (Å²) in [6.07, 6.45) is 1.89. The number of hydrogen-bond donors (Lipinski definition) is 1. The second kappa shape index (κ2) is 5.32. The highest BCUT2D eigenvalue weighted by Crippen LogP contribution is 2.16. The van der Waals surface area contributed by atoms with Gasteiger partial charge in [-0.15, -0.1) is 11.8 Å². The smallest absolute Gasteiger partial charge is 0.133 e. The van der Waals surface area contributed by atoms with Crippen molar-refractivity contribution in [2.24, 2.45) is 0 Å². The van der Waals surface area contributed by atoms with Crippen LogP contribution in [-0.2, 0) is 0 Å². The molecule has 0 fully saturated rings. The van der Waals surface area contributed by atoms with Crippen LogP contribution >= 0.6 is 24.0 Å². The summed E-state index contributed by atoms with van der Waals surface area (Å²) in [4.78, 5) is 0. The molecule has 0 bridgehead atoms. The van der Waals surface area contributed by atoms with Crippen molar-refractivity contribution >= 4 is 28.3 Å². The summed E-state index contributed by atoms with van der Waals surface area (Å²) in [6.45, 7) is 1.89. The molecule has 0 spiro atoms. The van der Waals surface area contributed by atoms with E-state index in [2.05, 4.69) is 5.32 Å². The average molecular weight is 229 g/mol. The topological polar surface area (TPSA) is 12.0 Å². The van der Waals surface area contributed by atoms with Gasteiger partial charge in [-0.05, 0) is 19.2 Å². The zero-order valence-electron chi connectivity index (χ0n) is 8.08. The van der Waals surface area contributed by atoms with Crippen LogP contribution in [0.2, 0.25) is 0 Å². The zero-order chi connectivity index (χ0) is 10.6. The van der Waals surface area contributed by atoms with Crippen molar-refractivity contribution in [3.63, 3.8) is 0 Å². The molecule has 1 aromatic carbocycles. The van der Waals surface area contributed by atoms with Crippen LogP contribution in [0.5, 0.6) is 0 Å². The zero-order valence-corrected chi connectivity index (χ0v) is 9.71. The van der Waals surface area contributed by atoms with Gasteiger partial charge in [0.25, 0.3) is 0 Å². The first-order chi connectivity index (χ1) is 6.65. The van der Waals surface area contributed by atoms with E-state index in [4.69, 9.17) is 12.2 Å². The fraction of sp³-hybridized carbons (Fsp3) is 0.300. The first kappa shape index (κ1) is 11.5. The van der Waals surface area contributed by atoms with E-state index >= 15 is 0 Å². The van der Waals surface area contributed by atoms with Crippen LogP contribution in [-0.4, -0.2) is 10.6 Å². The molecule has 0 aliphatic carbocycles. The number of thioether (sulfide) groups is 1. The Morgan fingerprint density at radius 2 is 2.14 bits per heavy atom. The maximum atomic E-state index is 13.3. The number of thiocarbonyl (C=S) groups is 1. The highest BCUT2D eigenvalue weighted by Gasteiger charge is 2.10. The summed E-state index contributed by atoms with van der Waals surface area (Å²) >= 11 is 6.46. The third-order valence-corrected chi connectivity index (χ3v) is 3.00. The molecule has 0 saturated carbocycles. The fourth-order valence-electron chi connectivity index (χ4n) is 1.14.